The molecule has 0 bridgehead atoms. The maximum atomic E-state index is 12.0. The number of carboxylic acids is 2. The molecule has 0 spiro atoms. The predicted octanol–water partition coefficient (Wildman–Crippen LogP) is 0.747. The first-order valence-corrected chi connectivity index (χ1v) is 6.94. The number of carbonyl (C=O) groups excluding carboxylic acids is 1. The molecule has 7 nitrogen and oxygen atoms in total. The zero-order valence-electron chi connectivity index (χ0n) is 11.3. The van der Waals surface area contributed by atoms with E-state index in [1.807, 2.05) is 0 Å². The molecule has 1 saturated carbocycles. The molecule has 0 aromatic carbocycles. The van der Waals surface area contributed by atoms with Crippen molar-refractivity contribution >= 4 is 18.0 Å². The lowest BCUT2D eigenvalue weighted by atomic mass is 9.81. The van der Waals surface area contributed by atoms with E-state index >= 15 is 0 Å². The topological polar surface area (TPSA) is 107 Å². The molecule has 7 heteroatoms. The molecule has 2 atom stereocenters. The molecule has 2 rings (SSSR count). The molecular formula is C13H20N2O5. The summed E-state index contributed by atoms with van der Waals surface area (Å²) >= 11 is 0. The van der Waals surface area contributed by atoms with Crippen LogP contribution < -0.4 is 5.32 Å². The number of hydrogen-bond donors (Lipinski definition) is 3. The molecule has 1 saturated heterocycles. The van der Waals surface area contributed by atoms with E-state index < -0.39 is 17.4 Å². The van der Waals surface area contributed by atoms with E-state index in [-0.39, 0.29) is 24.9 Å². The highest BCUT2D eigenvalue weighted by Gasteiger charge is 2.55. The SMILES string of the molecule is O=C(O)CCCNC(=O)N1C[C@@H]2CCC[C@@]2(C(=O)O)C1. The summed E-state index contributed by atoms with van der Waals surface area (Å²) in [5.74, 6) is -1.65. The van der Waals surface area contributed by atoms with E-state index in [0.29, 0.717) is 25.9 Å². The summed E-state index contributed by atoms with van der Waals surface area (Å²) in [6.07, 6.45) is 2.79. The number of nitrogens with one attached hydrogen (secondary N) is 1. The van der Waals surface area contributed by atoms with Crippen molar-refractivity contribution in [3.63, 3.8) is 0 Å². The second-order valence-electron chi connectivity index (χ2n) is 5.66. The number of nitrogens with zero attached hydrogens (tertiary/aromatic N) is 1. The number of likely N-dealkylation sites (tertiary alicyclic amines) is 1. The van der Waals surface area contributed by atoms with Crippen LogP contribution in [0.15, 0.2) is 0 Å². The Balaban J connectivity index is 1.84. The summed E-state index contributed by atoms with van der Waals surface area (Å²) in [5, 5.41) is 20.6. The molecular weight excluding hydrogens is 264 g/mol. The minimum absolute atomic E-state index is 0.0158. The van der Waals surface area contributed by atoms with Crippen LogP contribution in [-0.4, -0.2) is 52.7 Å². The van der Waals surface area contributed by atoms with Gasteiger partial charge in [0.2, 0.25) is 0 Å². The smallest absolute Gasteiger partial charge is 0.317 e. The van der Waals surface area contributed by atoms with Crippen LogP contribution in [0.2, 0.25) is 0 Å². The molecule has 3 N–H and O–H groups in total. The lowest BCUT2D eigenvalue weighted by Crippen LogP contribution is -2.42. The number of hydrogen-bond acceptors (Lipinski definition) is 3. The minimum atomic E-state index is -0.889. The summed E-state index contributed by atoms with van der Waals surface area (Å²) in [5.41, 5.74) is -0.765. The van der Waals surface area contributed by atoms with Gasteiger partial charge in [-0.05, 0) is 25.2 Å². The molecule has 2 aliphatic rings. The molecule has 2 amide bonds. The lowest BCUT2D eigenvalue weighted by Gasteiger charge is -2.23. The lowest BCUT2D eigenvalue weighted by molar-refractivity contribution is -0.149. The van der Waals surface area contributed by atoms with Crippen molar-refractivity contribution in [3.05, 3.63) is 0 Å². The third-order valence-corrected chi connectivity index (χ3v) is 4.43. The first-order chi connectivity index (χ1) is 9.45. The summed E-state index contributed by atoms with van der Waals surface area (Å²) in [6, 6.07) is -0.287. The molecule has 112 valence electrons. The fourth-order valence-corrected chi connectivity index (χ4v) is 3.34. The van der Waals surface area contributed by atoms with Crippen molar-refractivity contribution in [2.75, 3.05) is 19.6 Å². The zero-order chi connectivity index (χ0) is 14.8. The van der Waals surface area contributed by atoms with Crippen LogP contribution in [0, 0.1) is 11.3 Å². The first-order valence-electron chi connectivity index (χ1n) is 6.94. The third kappa shape index (κ3) is 2.71. The Bertz CT molecular complexity index is 425. The molecule has 1 aliphatic heterocycles. The van der Waals surface area contributed by atoms with Gasteiger partial charge in [-0.3, -0.25) is 9.59 Å². The largest absolute Gasteiger partial charge is 0.481 e. The molecule has 2 fully saturated rings. The molecule has 20 heavy (non-hydrogen) atoms. The van der Waals surface area contributed by atoms with Crippen LogP contribution in [-0.2, 0) is 9.59 Å². The number of carbonyl (C=O) groups is 3. The Morgan fingerprint density at radius 2 is 2.05 bits per heavy atom. The van der Waals surface area contributed by atoms with Gasteiger partial charge in [-0.1, -0.05) is 6.42 Å². The van der Waals surface area contributed by atoms with Crippen LogP contribution in [0.25, 0.3) is 0 Å². The van der Waals surface area contributed by atoms with Gasteiger partial charge >= 0.3 is 18.0 Å². The standard InChI is InChI=1S/C13H20N2O5/c16-10(17)4-2-6-14-12(20)15-7-9-3-1-5-13(9,8-15)11(18)19/h9H,1-8H2,(H,14,20)(H,16,17)(H,18,19)/t9-,13+/m0/s1. The van der Waals surface area contributed by atoms with E-state index in [9.17, 15) is 19.5 Å². The highest BCUT2D eigenvalue weighted by molar-refractivity contribution is 5.80. The van der Waals surface area contributed by atoms with Gasteiger partial charge in [0, 0.05) is 26.1 Å². The maximum absolute atomic E-state index is 12.0. The Labute approximate surface area is 116 Å². The van der Waals surface area contributed by atoms with Gasteiger partial charge in [0.05, 0.1) is 5.41 Å². The zero-order valence-corrected chi connectivity index (χ0v) is 11.3. The second-order valence-corrected chi connectivity index (χ2v) is 5.66. The van der Waals surface area contributed by atoms with Crippen molar-refractivity contribution in [2.45, 2.75) is 32.1 Å². The van der Waals surface area contributed by atoms with E-state index in [0.717, 1.165) is 12.8 Å². The fraction of sp³-hybridized carbons (Fsp3) is 0.769. The van der Waals surface area contributed by atoms with Gasteiger partial charge in [-0.25, -0.2) is 4.79 Å². The molecule has 0 aromatic rings. The van der Waals surface area contributed by atoms with Crippen LogP contribution >= 0.6 is 0 Å². The van der Waals surface area contributed by atoms with Crippen molar-refractivity contribution in [1.82, 2.24) is 10.2 Å². The number of fused-ring (bicyclic) bond motifs is 1. The van der Waals surface area contributed by atoms with Gasteiger partial charge < -0.3 is 20.4 Å². The number of carboxylic acid groups (broad SMARTS) is 2. The van der Waals surface area contributed by atoms with E-state index in [1.54, 1.807) is 4.90 Å². The molecule has 0 unspecified atom stereocenters. The van der Waals surface area contributed by atoms with E-state index in [4.69, 9.17) is 5.11 Å². The van der Waals surface area contributed by atoms with Crippen LogP contribution in [0.3, 0.4) is 0 Å². The summed E-state index contributed by atoms with van der Waals surface area (Å²) in [4.78, 5) is 35.4. The number of aliphatic carboxylic acids is 2. The van der Waals surface area contributed by atoms with Crippen LogP contribution in [0.1, 0.15) is 32.1 Å². The summed E-state index contributed by atoms with van der Waals surface area (Å²) in [7, 11) is 0. The van der Waals surface area contributed by atoms with Crippen molar-refractivity contribution in [1.29, 1.82) is 0 Å². The average molecular weight is 284 g/mol. The first kappa shape index (κ1) is 14.6. The number of urea groups is 1. The Kier molecular flexibility index (Phi) is 4.15. The van der Waals surface area contributed by atoms with Crippen molar-refractivity contribution in [3.8, 4) is 0 Å². The van der Waals surface area contributed by atoms with Gasteiger partial charge in [0.25, 0.3) is 0 Å². The summed E-state index contributed by atoms with van der Waals surface area (Å²) in [6.45, 7) is 1.04. The van der Waals surface area contributed by atoms with E-state index in [1.165, 1.54) is 0 Å². The monoisotopic (exact) mass is 284 g/mol. The predicted molar refractivity (Wildman–Crippen MR) is 69.3 cm³/mol. The van der Waals surface area contributed by atoms with Gasteiger partial charge in [0.1, 0.15) is 0 Å². The third-order valence-electron chi connectivity index (χ3n) is 4.43. The normalized spacial score (nSPS) is 28.2. The fourth-order valence-electron chi connectivity index (χ4n) is 3.34. The second kappa shape index (κ2) is 5.68. The maximum Gasteiger partial charge on any atom is 0.317 e. The quantitative estimate of drug-likeness (QED) is 0.646. The van der Waals surface area contributed by atoms with Crippen molar-refractivity contribution in [2.24, 2.45) is 11.3 Å². The Morgan fingerprint density at radius 1 is 1.30 bits per heavy atom. The Morgan fingerprint density at radius 3 is 2.65 bits per heavy atom. The van der Waals surface area contributed by atoms with E-state index in [2.05, 4.69) is 5.32 Å². The highest BCUT2D eigenvalue weighted by Crippen LogP contribution is 2.48. The van der Waals surface area contributed by atoms with Gasteiger partial charge in [-0.2, -0.15) is 0 Å². The Hall–Kier alpha value is -1.79. The van der Waals surface area contributed by atoms with Crippen molar-refractivity contribution < 1.29 is 24.6 Å². The van der Waals surface area contributed by atoms with Crippen LogP contribution in [0.4, 0.5) is 4.79 Å². The minimum Gasteiger partial charge on any atom is -0.481 e. The molecule has 1 aliphatic carbocycles. The highest BCUT2D eigenvalue weighted by atomic mass is 16.4. The van der Waals surface area contributed by atoms with Gasteiger partial charge in [-0.15, -0.1) is 0 Å². The molecule has 1 heterocycles. The molecule has 0 aromatic heterocycles. The summed E-state index contributed by atoms with van der Waals surface area (Å²) < 4.78 is 0. The molecule has 0 radical (unpaired) electrons. The number of rotatable bonds is 5. The van der Waals surface area contributed by atoms with Gasteiger partial charge in [0.15, 0.2) is 0 Å². The average Bonchev–Trinajstić information content (AvgIpc) is 2.91. The van der Waals surface area contributed by atoms with Crippen LogP contribution in [0.5, 0.6) is 0 Å². The number of amides is 2.